The lowest BCUT2D eigenvalue weighted by molar-refractivity contribution is 0.0774. The maximum absolute atomic E-state index is 12.0. The van der Waals surface area contributed by atoms with Crippen LogP contribution < -0.4 is 4.72 Å². The first-order valence-corrected chi connectivity index (χ1v) is 7.24. The van der Waals surface area contributed by atoms with Gasteiger partial charge in [0.05, 0.1) is 12.8 Å². The van der Waals surface area contributed by atoms with Gasteiger partial charge < -0.3 is 9.72 Å². The normalized spacial score (nSPS) is 21.6. The number of aromatic nitrogens is 2. The van der Waals surface area contributed by atoms with Crippen LogP contribution in [0.2, 0.25) is 0 Å². The lowest BCUT2D eigenvalue weighted by Gasteiger charge is -2.22. The fourth-order valence-electron chi connectivity index (χ4n) is 1.78. The van der Waals surface area contributed by atoms with Gasteiger partial charge in [-0.15, -0.1) is 0 Å². The molecule has 2 N–H and O–H groups in total. The lowest BCUT2D eigenvalue weighted by atomic mass is 10.1. The third kappa shape index (κ3) is 3.05. The highest BCUT2D eigenvalue weighted by molar-refractivity contribution is 7.89. The molecule has 0 spiro atoms. The Bertz CT molecular complexity index is 463. The van der Waals surface area contributed by atoms with E-state index in [9.17, 15) is 8.42 Å². The minimum absolute atomic E-state index is 0.125. The molecular weight excluding hydrogens is 242 g/mol. The van der Waals surface area contributed by atoms with E-state index in [1.165, 1.54) is 6.20 Å². The Morgan fingerprint density at radius 1 is 1.65 bits per heavy atom. The van der Waals surface area contributed by atoms with Crippen LogP contribution in [-0.4, -0.2) is 37.6 Å². The molecule has 1 aliphatic heterocycles. The van der Waals surface area contributed by atoms with Gasteiger partial charge in [0, 0.05) is 19.1 Å². The molecule has 0 aromatic carbocycles. The standard InChI is InChI=1S/C10H17N3O3S/c1-2-9-11-6-10(12-9)17(14,15)13-8-4-3-5-16-7-8/h6,8,13H,2-5,7H2,1H3,(H,11,12). The molecular formula is C10H17N3O3S. The minimum Gasteiger partial charge on any atom is -0.380 e. The fourth-order valence-corrected chi connectivity index (χ4v) is 2.97. The van der Waals surface area contributed by atoms with Gasteiger partial charge >= 0.3 is 0 Å². The number of sulfonamides is 1. The van der Waals surface area contributed by atoms with Crippen molar-refractivity contribution in [1.29, 1.82) is 0 Å². The van der Waals surface area contributed by atoms with Crippen LogP contribution in [0.1, 0.15) is 25.6 Å². The highest BCUT2D eigenvalue weighted by atomic mass is 32.2. The predicted molar refractivity (Wildman–Crippen MR) is 62.1 cm³/mol. The van der Waals surface area contributed by atoms with Crippen LogP contribution in [0, 0.1) is 0 Å². The van der Waals surface area contributed by atoms with Crippen molar-refractivity contribution < 1.29 is 13.2 Å². The number of aryl methyl sites for hydroxylation is 1. The Balaban J connectivity index is 2.07. The van der Waals surface area contributed by atoms with Crippen molar-refractivity contribution in [2.45, 2.75) is 37.3 Å². The lowest BCUT2D eigenvalue weighted by Crippen LogP contribution is -2.40. The molecule has 1 atom stereocenters. The highest BCUT2D eigenvalue weighted by Gasteiger charge is 2.23. The molecule has 1 unspecified atom stereocenters. The molecule has 1 fully saturated rings. The van der Waals surface area contributed by atoms with Crippen LogP contribution in [0.25, 0.3) is 0 Å². The Morgan fingerprint density at radius 2 is 2.47 bits per heavy atom. The number of nitrogens with zero attached hydrogens (tertiary/aromatic N) is 1. The summed E-state index contributed by atoms with van der Waals surface area (Å²) in [6.45, 7) is 3.06. The first-order chi connectivity index (χ1) is 8.12. The van der Waals surface area contributed by atoms with Gasteiger partial charge in [-0.25, -0.2) is 18.1 Å². The Labute approximate surface area is 101 Å². The summed E-state index contributed by atoms with van der Waals surface area (Å²) in [5.41, 5.74) is 0. The first-order valence-electron chi connectivity index (χ1n) is 5.76. The zero-order valence-electron chi connectivity index (χ0n) is 9.77. The number of rotatable bonds is 4. The third-order valence-electron chi connectivity index (χ3n) is 2.71. The summed E-state index contributed by atoms with van der Waals surface area (Å²) in [5, 5.41) is 0.125. The maximum atomic E-state index is 12.0. The van der Waals surface area contributed by atoms with Crippen molar-refractivity contribution in [2.24, 2.45) is 0 Å². The first kappa shape index (κ1) is 12.5. The molecule has 1 aliphatic rings. The topological polar surface area (TPSA) is 84.1 Å². The van der Waals surface area contributed by atoms with Crippen molar-refractivity contribution in [3.63, 3.8) is 0 Å². The van der Waals surface area contributed by atoms with Gasteiger partial charge in [-0.05, 0) is 12.8 Å². The number of ether oxygens (including phenoxy) is 1. The number of nitrogens with one attached hydrogen (secondary N) is 2. The highest BCUT2D eigenvalue weighted by Crippen LogP contribution is 2.11. The summed E-state index contributed by atoms with van der Waals surface area (Å²) in [4.78, 5) is 6.78. The molecule has 0 saturated carbocycles. The van der Waals surface area contributed by atoms with Gasteiger partial charge in [0.15, 0.2) is 5.03 Å². The van der Waals surface area contributed by atoms with E-state index >= 15 is 0 Å². The molecule has 2 heterocycles. The van der Waals surface area contributed by atoms with Crippen LogP contribution in [0.5, 0.6) is 0 Å². The second kappa shape index (κ2) is 5.16. The van der Waals surface area contributed by atoms with Crippen LogP contribution in [0.4, 0.5) is 0 Å². The van der Waals surface area contributed by atoms with Gasteiger partial charge in [0.2, 0.25) is 0 Å². The van der Waals surface area contributed by atoms with Gasteiger partial charge in [-0.1, -0.05) is 6.92 Å². The van der Waals surface area contributed by atoms with Crippen molar-refractivity contribution in [2.75, 3.05) is 13.2 Å². The fraction of sp³-hybridized carbons (Fsp3) is 0.700. The van der Waals surface area contributed by atoms with Gasteiger partial charge in [0.1, 0.15) is 5.82 Å². The summed E-state index contributed by atoms with van der Waals surface area (Å²) in [6.07, 6.45) is 3.73. The zero-order chi connectivity index (χ0) is 12.3. The van der Waals surface area contributed by atoms with E-state index in [0.717, 1.165) is 12.8 Å². The average Bonchev–Trinajstić information content (AvgIpc) is 2.79. The molecule has 7 heteroatoms. The SMILES string of the molecule is CCc1ncc(S(=O)(=O)NC2CCCOC2)[nH]1. The Morgan fingerprint density at radius 3 is 3.06 bits per heavy atom. The van der Waals surface area contributed by atoms with Crippen molar-refractivity contribution >= 4 is 10.0 Å². The zero-order valence-corrected chi connectivity index (χ0v) is 10.6. The van der Waals surface area contributed by atoms with Gasteiger partial charge in [-0.3, -0.25) is 0 Å². The van der Waals surface area contributed by atoms with E-state index in [0.29, 0.717) is 25.5 Å². The number of aromatic amines is 1. The molecule has 1 aromatic heterocycles. The van der Waals surface area contributed by atoms with Crippen molar-refractivity contribution in [3.8, 4) is 0 Å². The molecule has 17 heavy (non-hydrogen) atoms. The largest absolute Gasteiger partial charge is 0.380 e. The van der Waals surface area contributed by atoms with E-state index < -0.39 is 10.0 Å². The summed E-state index contributed by atoms with van der Waals surface area (Å²) in [7, 11) is -3.50. The van der Waals surface area contributed by atoms with Crippen LogP contribution >= 0.6 is 0 Å². The van der Waals surface area contributed by atoms with Crippen molar-refractivity contribution in [3.05, 3.63) is 12.0 Å². The number of H-pyrrole nitrogens is 1. The molecule has 0 amide bonds. The molecule has 0 aliphatic carbocycles. The Kier molecular flexibility index (Phi) is 3.80. The minimum atomic E-state index is -3.50. The summed E-state index contributed by atoms with van der Waals surface area (Å²) >= 11 is 0. The summed E-state index contributed by atoms with van der Waals surface area (Å²) in [6, 6.07) is -0.137. The second-order valence-corrected chi connectivity index (χ2v) is 5.77. The molecule has 0 radical (unpaired) electrons. The molecule has 1 aromatic rings. The number of imidazole rings is 1. The third-order valence-corrected chi connectivity index (χ3v) is 4.14. The van der Waals surface area contributed by atoms with E-state index in [1.807, 2.05) is 6.92 Å². The smallest absolute Gasteiger partial charge is 0.257 e. The second-order valence-electron chi connectivity index (χ2n) is 4.08. The maximum Gasteiger partial charge on any atom is 0.257 e. The van der Waals surface area contributed by atoms with E-state index in [1.54, 1.807) is 0 Å². The van der Waals surface area contributed by atoms with E-state index in [-0.39, 0.29) is 11.1 Å². The Hall–Kier alpha value is -0.920. The summed E-state index contributed by atoms with van der Waals surface area (Å²) < 4.78 is 31.8. The number of hydrogen-bond donors (Lipinski definition) is 2. The monoisotopic (exact) mass is 259 g/mol. The van der Waals surface area contributed by atoms with Gasteiger partial charge in [0.25, 0.3) is 10.0 Å². The molecule has 2 rings (SSSR count). The average molecular weight is 259 g/mol. The molecule has 0 bridgehead atoms. The van der Waals surface area contributed by atoms with Crippen LogP contribution in [0.15, 0.2) is 11.2 Å². The number of hydrogen-bond acceptors (Lipinski definition) is 4. The van der Waals surface area contributed by atoms with Gasteiger partial charge in [-0.2, -0.15) is 0 Å². The van der Waals surface area contributed by atoms with Crippen LogP contribution in [0.3, 0.4) is 0 Å². The summed E-state index contributed by atoms with van der Waals surface area (Å²) in [5.74, 6) is 0.672. The molecule has 96 valence electrons. The van der Waals surface area contributed by atoms with E-state index in [4.69, 9.17) is 4.74 Å². The quantitative estimate of drug-likeness (QED) is 0.821. The van der Waals surface area contributed by atoms with Crippen LogP contribution in [-0.2, 0) is 21.2 Å². The van der Waals surface area contributed by atoms with E-state index in [2.05, 4.69) is 14.7 Å². The predicted octanol–water partition coefficient (Wildman–Crippen LogP) is 0.429. The molecule has 1 saturated heterocycles. The molecule has 6 nitrogen and oxygen atoms in total. The van der Waals surface area contributed by atoms with Crippen molar-refractivity contribution in [1.82, 2.24) is 14.7 Å².